The van der Waals surface area contributed by atoms with E-state index in [4.69, 9.17) is 11.6 Å². The summed E-state index contributed by atoms with van der Waals surface area (Å²) >= 11 is 7.62. The Bertz CT molecular complexity index is 1200. The molecule has 0 aliphatic rings. The van der Waals surface area contributed by atoms with Crippen molar-refractivity contribution in [2.75, 3.05) is 0 Å². The molecule has 1 amide bonds. The molecule has 7 heteroatoms. The molecule has 0 aliphatic heterocycles. The van der Waals surface area contributed by atoms with Crippen molar-refractivity contribution in [3.05, 3.63) is 98.2 Å². The number of aryl methyl sites for hydroxylation is 1. The number of nitrogens with one attached hydrogen (secondary N) is 1. The minimum absolute atomic E-state index is 0.0501. The van der Waals surface area contributed by atoms with E-state index in [9.17, 15) is 4.79 Å². The van der Waals surface area contributed by atoms with Gasteiger partial charge in [0, 0.05) is 34.6 Å². The van der Waals surface area contributed by atoms with Gasteiger partial charge in [-0.2, -0.15) is 5.10 Å². The summed E-state index contributed by atoms with van der Waals surface area (Å²) in [6.45, 7) is 4.44. The molecule has 158 valence electrons. The van der Waals surface area contributed by atoms with Crippen molar-refractivity contribution in [1.82, 2.24) is 20.1 Å². The van der Waals surface area contributed by atoms with Gasteiger partial charge in [-0.25, -0.2) is 9.67 Å². The van der Waals surface area contributed by atoms with Gasteiger partial charge in [-0.1, -0.05) is 41.9 Å². The number of carbonyl (C=O) groups is 1. The lowest BCUT2D eigenvalue weighted by molar-refractivity contribution is -0.120. The Kier molecular flexibility index (Phi) is 6.49. The molecule has 2 heterocycles. The first kappa shape index (κ1) is 21.3. The molecule has 4 aromatic rings. The Hall–Kier alpha value is -2.96. The Morgan fingerprint density at radius 2 is 1.94 bits per heavy atom. The van der Waals surface area contributed by atoms with Crippen LogP contribution in [0, 0.1) is 13.8 Å². The van der Waals surface area contributed by atoms with Gasteiger partial charge in [-0.05, 0) is 43.7 Å². The van der Waals surface area contributed by atoms with Crippen LogP contribution in [0.15, 0.2) is 60.0 Å². The number of hydrogen-bond donors (Lipinski definition) is 1. The first-order valence-electron chi connectivity index (χ1n) is 10.0. The number of halogens is 1. The van der Waals surface area contributed by atoms with Crippen LogP contribution in [0.2, 0.25) is 5.02 Å². The highest BCUT2D eigenvalue weighted by atomic mass is 35.5. The van der Waals surface area contributed by atoms with E-state index in [0.29, 0.717) is 13.0 Å². The molecule has 0 bridgehead atoms. The van der Waals surface area contributed by atoms with E-state index in [0.717, 1.165) is 43.9 Å². The Labute approximate surface area is 190 Å². The van der Waals surface area contributed by atoms with Crippen LogP contribution in [0.3, 0.4) is 0 Å². The minimum atomic E-state index is -0.0501. The van der Waals surface area contributed by atoms with E-state index in [1.165, 1.54) is 0 Å². The summed E-state index contributed by atoms with van der Waals surface area (Å²) < 4.78 is 1.92. The van der Waals surface area contributed by atoms with Gasteiger partial charge in [-0.15, -0.1) is 11.3 Å². The predicted molar refractivity (Wildman–Crippen MR) is 125 cm³/mol. The van der Waals surface area contributed by atoms with E-state index < -0.39 is 0 Å². The molecule has 31 heavy (non-hydrogen) atoms. The average Bonchev–Trinajstić information content (AvgIpc) is 3.30. The zero-order valence-corrected chi connectivity index (χ0v) is 19.0. The van der Waals surface area contributed by atoms with Crippen LogP contribution in [-0.4, -0.2) is 20.7 Å². The van der Waals surface area contributed by atoms with Crippen molar-refractivity contribution >= 4 is 28.8 Å². The highest BCUT2D eigenvalue weighted by molar-refractivity contribution is 7.09. The number of amides is 1. The van der Waals surface area contributed by atoms with Crippen molar-refractivity contribution in [2.45, 2.75) is 33.2 Å². The van der Waals surface area contributed by atoms with Gasteiger partial charge >= 0.3 is 0 Å². The number of benzene rings is 2. The third-order valence-electron chi connectivity index (χ3n) is 5.09. The number of thiazole rings is 1. The maximum absolute atomic E-state index is 12.5. The number of carbonyl (C=O) groups excluding carboxylic acids is 1. The highest BCUT2D eigenvalue weighted by Gasteiger charge is 2.14. The Balaban J connectivity index is 1.36. The second kappa shape index (κ2) is 9.45. The zero-order valence-electron chi connectivity index (χ0n) is 17.4. The molecule has 2 aromatic carbocycles. The second-order valence-corrected chi connectivity index (χ2v) is 8.77. The molecule has 0 fully saturated rings. The molecule has 5 nitrogen and oxygen atoms in total. The molecular formula is C24H23ClN4OS. The fourth-order valence-electron chi connectivity index (χ4n) is 3.50. The topological polar surface area (TPSA) is 59.8 Å². The summed E-state index contributed by atoms with van der Waals surface area (Å²) in [4.78, 5) is 17.1. The summed E-state index contributed by atoms with van der Waals surface area (Å²) in [5.41, 5.74) is 5.89. The number of rotatable bonds is 7. The number of nitrogens with zero attached hydrogens (tertiary/aromatic N) is 3. The van der Waals surface area contributed by atoms with Crippen molar-refractivity contribution in [1.29, 1.82) is 0 Å². The molecule has 0 saturated heterocycles. The first-order chi connectivity index (χ1) is 15.0. The summed E-state index contributed by atoms with van der Waals surface area (Å²) in [6, 6.07) is 17.8. The standard InChI is InChI=1S/C24H23ClN4OS/c1-16-22(17(2)29(28-16)21-9-4-3-5-10-21)14-26-23(30)13-20-15-31-24(27-20)12-18-7-6-8-19(25)11-18/h3-11,15H,12-14H2,1-2H3,(H,26,30). The van der Waals surface area contributed by atoms with Gasteiger partial charge in [0.15, 0.2) is 0 Å². The quantitative estimate of drug-likeness (QED) is 0.428. The van der Waals surface area contributed by atoms with Crippen molar-refractivity contribution < 1.29 is 4.79 Å². The lowest BCUT2D eigenvalue weighted by atomic mass is 10.1. The van der Waals surface area contributed by atoms with E-state index in [1.54, 1.807) is 11.3 Å². The molecule has 0 atom stereocenters. The molecule has 0 radical (unpaired) electrons. The zero-order chi connectivity index (χ0) is 21.8. The van der Waals surface area contributed by atoms with Crippen LogP contribution >= 0.6 is 22.9 Å². The van der Waals surface area contributed by atoms with E-state index >= 15 is 0 Å². The maximum atomic E-state index is 12.5. The van der Waals surface area contributed by atoms with Gasteiger partial charge in [0.1, 0.15) is 0 Å². The number of para-hydroxylation sites is 1. The highest BCUT2D eigenvalue weighted by Crippen LogP contribution is 2.19. The SMILES string of the molecule is Cc1nn(-c2ccccc2)c(C)c1CNC(=O)Cc1csc(Cc2cccc(Cl)c2)n1. The smallest absolute Gasteiger partial charge is 0.226 e. The average molecular weight is 451 g/mol. The molecule has 0 aliphatic carbocycles. The van der Waals surface area contributed by atoms with Crippen LogP contribution < -0.4 is 5.32 Å². The van der Waals surface area contributed by atoms with E-state index in [-0.39, 0.29) is 12.3 Å². The summed E-state index contributed by atoms with van der Waals surface area (Å²) in [5.74, 6) is -0.0501. The van der Waals surface area contributed by atoms with E-state index in [1.807, 2.05) is 78.5 Å². The van der Waals surface area contributed by atoms with Crippen molar-refractivity contribution in [3.63, 3.8) is 0 Å². The second-order valence-electron chi connectivity index (χ2n) is 7.39. The fourth-order valence-corrected chi connectivity index (χ4v) is 4.54. The van der Waals surface area contributed by atoms with Gasteiger partial charge in [0.25, 0.3) is 0 Å². The molecule has 0 unspecified atom stereocenters. The van der Waals surface area contributed by atoms with Crippen LogP contribution in [0.4, 0.5) is 0 Å². The van der Waals surface area contributed by atoms with Gasteiger partial charge < -0.3 is 5.32 Å². The first-order valence-corrected chi connectivity index (χ1v) is 11.3. The lowest BCUT2D eigenvalue weighted by Gasteiger charge is -2.07. The Morgan fingerprint density at radius 1 is 1.13 bits per heavy atom. The van der Waals surface area contributed by atoms with Crippen molar-refractivity contribution in [3.8, 4) is 5.69 Å². The molecule has 1 N–H and O–H groups in total. The monoisotopic (exact) mass is 450 g/mol. The lowest BCUT2D eigenvalue weighted by Crippen LogP contribution is -2.25. The molecule has 2 aromatic heterocycles. The van der Waals surface area contributed by atoms with Crippen LogP contribution in [0.1, 0.15) is 33.2 Å². The largest absolute Gasteiger partial charge is 0.352 e. The number of aromatic nitrogens is 3. The summed E-state index contributed by atoms with van der Waals surface area (Å²) in [6.07, 6.45) is 0.973. The van der Waals surface area contributed by atoms with Gasteiger partial charge in [-0.3, -0.25) is 4.79 Å². The fraction of sp³-hybridized carbons (Fsp3) is 0.208. The molecule has 0 saturated carbocycles. The minimum Gasteiger partial charge on any atom is -0.352 e. The normalized spacial score (nSPS) is 10.9. The van der Waals surface area contributed by atoms with Crippen LogP contribution in [0.5, 0.6) is 0 Å². The van der Waals surface area contributed by atoms with E-state index in [2.05, 4.69) is 15.4 Å². The molecule has 0 spiro atoms. The van der Waals surface area contributed by atoms with Gasteiger partial charge in [0.05, 0.1) is 28.5 Å². The van der Waals surface area contributed by atoms with Gasteiger partial charge in [0.2, 0.25) is 5.91 Å². The van der Waals surface area contributed by atoms with Crippen LogP contribution in [-0.2, 0) is 24.2 Å². The third-order valence-corrected chi connectivity index (χ3v) is 6.22. The maximum Gasteiger partial charge on any atom is 0.226 e. The number of hydrogen-bond acceptors (Lipinski definition) is 4. The predicted octanol–water partition coefficient (Wildman–Crippen LogP) is 5.05. The molecular weight excluding hydrogens is 428 g/mol. The van der Waals surface area contributed by atoms with Crippen LogP contribution in [0.25, 0.3) is 5.69 Å². The molecule has 4 rings (SSSR count). The summed E-state index contributed by atoms with van der Waals surface area (Å²) in [5, 5.41) is 11.3. The summed E-state index contributed by atoms with van der Waals surface area (Å²) in [7, 11) is 0. The van der Waals surface area contributed by atoms with Crippen molar-refractivity contribution in [2.24, 2.45) is 0 Å². The Morgan fingerprint density at radius 3 is 2.71 bits per heavy atom. The third kappa shape index (κ3) is 5.21.